The van der Waals surface area contributed by atoms with Crippen LogP contribution in [0, 0.1) is 6.92 Å². The molecule has 29 heavy (non-hydrogen) atoms. The molecule has 0 radical (unpaired) electrons. The van der Waals surface area contributed by atoms with Gasteiger partial charge in [0.2, 0.25) is 15.9 Å². The topological polar surface area (TPSA) is 111 Å². The molecule has 7 nitrogen and oxygen atoms in total. The van der Waals surface area contributed by atoms with Gasteiger partial charge in [-0.05, 0) is 44.0 Å². The van der Waals surface area contributed by atoms with Crippen LogP contribution in [-0.4, -0.2) is 43.1 Å². The van der Waals surface area contributed by atoms with Crippen LogP contribution < -0.4 is 10.0 Å². The first-order chi connectivity index (χ1) is 13.8. The lowest BCUT2D eigenvalue weighted by Crippen LogP contribution is -2.52. The molecule has 4 N–H and O–H groups in total. The Morgan fingerprint density at radius 1 is 1.14 bits per heavy atom. The molecule has 8 heteroatoms. The predicted octanol–water partition coefficient (Wildman–Crippen LogP) is 1.86. The van der Waals surface area contributed by atoms with Gasteiger partial charge in [0.25, 0.3) is 0 Å². The molecular weight excluding hydrogens is 390 g/mol. The highest BCUT2D eigenvalue weighted by Gasteiger charge is 2.29. The van der Waals surface area contributed by atoms with E-state index in [1.54, 1.807) is 12.1 Å². The lowest BCUT2D eigenvalue weighted by molar-refractivity contribution is -0.124. The number of hydrogen-bond donors (Lipinski definition) is 4. The van der Waals surface area contributed by atoms with Crippen LogP contribution in [0.5, 0.6) is 0 Å². The maximum Gasteiger partial charge on any atom is 0.241 e. The third-order valence-corrected chi connectivity index (χ3v) is 6.20. The number of aromatic amines is 1. The van der Waals surface area contributed by atoms with Crippen molar-refractivity contribution in [3.63, 3.8) is 0 Å². The summed E-state index contributed by atoms with van der Waals surface area (Å²) in [7, 11) is -3.94. The van der Waals surface area contributed by atoms with Gasteiger partial charge < -0.3 is 15.4 Å². The van der Waals surface area contributed by atoms with Crippen LogP contribution in [0.3, 0.4) is 0 Å². The number of nitrogens with one attached hydrogen (secondary N) is 3. The number of hydrogen-bond acceptors (Lipinski definition) is 4. The molecule has 0 fully saturated rings. The number of fused-ring (bicyclic) bond motifs is 1. The van der Waals surface area contributed by atoms with E-state index in [1.807, 2.05) is 37.4 Å². The molecule has 1 heterocycles. The van der Waals surface area contributed by atoms with Gasteiger partial charge >= 0.3 is 0 Å². The molecule has 0 aliphatic heterocycles. The Balaban J connectivity index is 1.64. The minimum Gasteiger partial charge on any atom is -0.391 e. The molecule has 3 aromatic rings. The molecule has 0 aliphatic carbocycles. The Bertz CT molecular complexity index is 1090. The van der Waals surface area contributed by atoms with Crippen molar-refractivity contribution in [3.05, 3.63) is 65.9 Å². The summed E-state index contributed by atoms with van der Waals surface area (Å²) in [6, 6.07) is 12.8. The number of carbonyl (C=O) groups excluding carboxylic acids is 1. The number of para-hydroxylation sites is 1. The Morgan fingerprint density at radius 2 is 1.83 bits per heavy atom. The molecule has 2 atom stereocenters. The highest BCUT2D eigenvalue weighted by atomic mass is 32.2. The molecule has 1 aromatic heterocycles. The Labute approximate surface area is 170 Å². The zero-order chi connectivity index (χ0) is 21.0. The molecule has 2 aromatic carbocycles. The average Bonchev–Trinajstić information content (AvgIpc) is 3.09. The quantitative estimate of drug-likeness (QED) is 0.450. The van der Waals surface area contributed by atoms with Crippen LogP contribution in [0.1, 0.15) is 18.1 Å². The number of aryl methyl sites for hydroxylation is 1. The maximum absolute atomic E-state index is 12.6. The first-order valence-electron chi connectivity index (χ1n) is 9.38. The third kappa shape index (κ3) is 5.03. The molecule has 0 spiro atoms. The van der Waals surface area contributed by atoms with E-state index < -0.39 is 28.1 Å². The summed E-state index contributed by atoms with van der Waals surface area (Å²) >= 11 is 0. The minimum atomic E-state index is -3.94. The van der Waals surface area contributed by atoms with Crippen LogP contribution in [0.15, 0.2) is 59.6 Å². The van der Waals surface area contributed by atoms with E-state index >= 15 is 0 Å². The minimum absolute atomic E-state index is 0.0420. The van der Waals surface area contributed by atoms with Gasteiger partial charge in [0.05, 0.1) is 11.0 Å². The number of amides is 1. The molecule has 0 aliphatic rings. The SMILES string of the molecule is Cc1ccc(S(=O)(=O)NC(C(=O)NCCc2c[nH]c3ccccc23)C(C)O)cc1. The summed E-state index contributed by atoms with van der Waals surface area (Å²) in [5, 5.41) is 13.8. The van der Waals surface area contributed by atoms with Crippen LogP contribution in [0.25, 0.3) is 10.9 Å². The van der Waals surface area contributed by atoms with Gasteiger partial charge in [-0.25, -0.2) is 8.42 Å². The molecule has 2 unspecified atom stereocenters. The van der Waals surface area contributed by atoms with Crippen molar-refractivity contribution in [3.8, 4) is 0 Å². The van der Waals surface area contributed by atoms with Gasteiger partial charge in [0, 0.05) is 23.6 Å². The van der Waals surface area contributed by atoms with Gasteiger partial charge in [-0.2, -0.15) is 4.72 Å². The first kappa shape index (κ1) is 21.0. The molecule has 3 rings (SSSR count). The molecular formula is C21H25N3O4S. The fourth-order valence-corrected chi connectivity index (χ4v) is 4.36. The zero-order valence-electron chi connectivity index (χ0n) is 16.3. The fraction of sp³-hybridized carbons (Fsp3) is 0.286. The summed E-state index contributed by atoms with van der Waals surface area (Å²) < 4.78 is 27.4. The van der Waals surface area contributed by atoms with Gasteiger partial charge in [-0.15, -0.1) is 0 Å². The van der Waals surface area contributed by atoms with E-state index in [9.17, 15) is 18.3 Å². The summed E-state index contributed by atoms with van der Waals surface area (Å²) in [6.07, 6.45) is 1.28. The van der Waals surface area contributed by atoms with Gasteiger partial charge in [0.15, 0.2) is 0 Å². The summed E-state index contributed by atoms with van der Waals surface area (Å²) in [4.78, 5) is 15.8. The normalized spacial score (nSPS) is 13.9. The summed E-state index contributed by atoms with van der Waals surface area (Å²) in [6.45, 7) is 3.54. The smallest absolute Gasteiger partial charge is 0.241 e. The monoisotopic (exact) mass is 415 g/mol. The van der Waals surface area contributed by atoms with Gasteiger partial charge in [0.1, 0.15) is 6.04 Å². The first-order valence-corrected chi connectivity index (χ1v) is 10.9. The van der Waals surface area contributed by atoms with Crippen molar-refractivity contribution in [2.75, 3.05) is 6.54 Å². The van der Waals surface area contributed by atoms with Crippen molar-refractivity contribution in [1.82, 2.24) is 15.0 Å². The Kier molecular flexibility index (Phi) is 6.36. The number of rotatable bonds is 8. The lowest BCUT2D eigenvalue weighted by atomic mass is 10.1. The lowest BCUT2D eigenvalue weighted by Gasteiger charge is -2.21. The largest absolute Gasteiger partial charge is 0.391 e. The van der Waals surface area contributed by atoms with Crippen LogP contribution in [0.2, 0.25) is 0 Å². The van der Waals surface area contributed by atoms with E-state index in [4.69, 9.17) is 0 Å². The number of aliphatic hydroxyl groups is 1. The third-order valence-electron chi connectivity index (χ3n) is 4.75. The zero-order valence-corrected chi connectivity index (χ0v) is 17.2. The van der Waals surface area contributed by atoms with E-state index in [2.05, 4.69) is 15.0 Å². The van der Waals surface area contributed by atoms with E-state index in [1.165, 1.54) is 19.1 Å². The van der Waals surface area contributed by atoms with E-state index in [0.29, 0.717) is 13.0 Å². The molecule has 1 amide bonds. The van der Waals surface area contributed by atoms with Crippen LogP contribution in [0.4, 0.5) is 0 Å². The van der Waals surface area contributed by atoms with Crippen LogP contribution >= 0.6 is 0 Å². The fourth-order valence-electron chi connectivity index (χ4n) is 3.09. The molecule has 0 bridgehead atoms. The standard InChI is InChI=1S/C21H25N3O4S/c1-14-7-9-17(10-8-14)29(27,28)24-20(15(2)25)21(26)22-12-11-16-13-23-19-6-4-3-5-18(16)19/h3-10,13,15,20,23-25H,11-12H2,1-2H3,(H,22,26). The Morgan fingerprint density at radius 3 is 2.52 bits per heavy atom. The van der Waals surface area contributed by atoms with Crippen LogP contribution in [-0.2, 0) is 21.2 Å². The number of H-pyrrole nitrogens is 1. The molecule has 0 saturated carbocycles. The number of sulfonamides is 1. The molecule has 0 saturated heterocycles. The maximum atomic E-state index is 12.6. The second kappa shape index (κ2) is 8.77. The average molecular weight is 416 g/mol. The van der Waals surface area contributed by atoms with Crippen molar-refractivity contribution in [2.45, 2.75) is 37.3 Å². The van der Waals surface area contributed by atoms with Crippen molar-refractivity contribution < 1.29 is 18.3 Å². The highest BCUT2D eigenvalue weighted by molar-refractivity contribution is 7.89. The van der Waals surface area contributed by atoms with Crippen molar-refractivity contribution in [2.24, 2.45) is 0 Å². The number of aliphatic hydroxyl groups excluding tert-OH is 1. The second-order valence-corrected chi connectivity index (χ2v) is 8.77. The van der Waals surface area contributed by atoms with Gasteiger partial charge in [-0.1, -0.05) is 35.9 Å². The molecule has 154 valence electrons. The number of carbonyl (C=O) groups is 1. The number of aromatic nitrogens is 1. The van der Waals surface area contributed by atoms with Gasteiger partial charge in [-0.3, -0.25) is 4.79 Å². The van der Waals surface area contributed by atoms with E-state index in [-0.39, 0.29) is 4.90 Å². The van der Waals surface area contributed by atoms with Crippen molar-refractivity contribution in [1.29, 1.82) is 0 Å². The summed E-state index contributed by atoms with van der Waals surface area (Å²) in [5.41, 5.74) is 2.99. The summed E-state index contributed by atoms with van der Waals surface area (Å²) in [5.74, 6) is -0.574. The van der Waals surface area contributed by atoms with E-state index in [0.717, 1.165) is 22.0 Å². The van der Waals surface area contributed by atoms with Crippen molar-refractivity contribution >= 4 is 26.8 Å². The number of benzene rings is 2. The predicted molar refractivity (Wildman–Crippen MR) is 112 cm³/mol. The Hall–Kier alpha value is -2.68. The highest BCUT2D eigenvalue weighted by Crippen LogP contribution is 2.17. The second-order valence-electron chi connectivity index (χ2n) is 7.05.